The summed E-state index contributed by atoms with van der Waals surface area (Å²) in [4.78, 5) is 5.17. The second-order valence-corrected chi connectivity index (χ2v) is 2.80. The van der Waals surface area contributed by atoms with E-state index in [0.717, 1.165) is 11.3 Å². The van der Waals surface area contributed by atoms with E-state index >= 15 is 0 Å². The molecule has 15 heavy (non-hydrogen) atoms. The molecule has 0 atom stereocenters. The van der Waals surface area contributed by atoms with Crippen molar-refractivity contribution in [2.75, 3.05) is 7.11 Å². The molecule has 0 saturated heterocycles. The van der Waals surface area contributed by atoms with Gasteiger partial charge in [-0.05, 0) is 12.1 Å². The molecule has 0 saturated carbocycles. The lowest BCUT2D eigenvalue weighted by atomic mass is 10.2. The molecule has 1 heterocycles. The number of benzene rings is 1. The van der Waals surface area contributed by atoms with Crippen LogP contribution in [0.5, 0.6) is 5.75 Å². The summed E-state index contributed by atoms with van der Waals surface area (Å²) in [5.41, 5.74) is 0.899. The molecule has 0 unspecified atom stereocenters. The van der Waals surface area contributed by atoms with Crippen molar-refractivity contribution < 1.29 is 4.74 Å². The van der Waals surface area contributed by atoms with Gasteiger partial charge in [-0.1, -0.05) is 12.1 Å². The van der Waals surface area contributed by atoms with Gasteiger partial charge in [0.1, 0.15) is 18.4 Å². The minimum absolute atomic E-state index is 0.779. The van der Waals surface area contributed by atoms with Crippen molar-refractivity contribution in [3.63, 3.8) is 0 Å². The summed E-state index contributed by atoms with van der Waals surface area (Å²) in [7, 11) is 1.63. The van der Waals surface area contributed by atoms with Gasteiger partial charge in [-0.25, -0.2) is 4.98 Å². The van der Waals surface area contributed by atoms with Gasteiger partial charge in [-0.3, -0.25) is 0 Å². The summed E-state index contributed by atoms with van der Waals surface area (Å²) >= 11 is 0. The van der Waals surface area contributed by atoms with Gasteiger partial charge >= 0.3 is 0 Å². The van der Waals surface area contributed by atoms with Gasteiger partial charge in [0.05, 0.1) is 13.3 Å². The van der Waals surface area contributed by atoms with E-state index in [0.29, 0.717) is 0 Å². The van der Waals surface area contributed by atoms with Crippen LogP contribution in [-0.2, 0) is 0 Å². The molecule has 5 heteroatoms. The second-order valence-electron chi connectivity index (χ2n) is 2.80. The number of hydrogen-bond acceptors (Lipinski definition) is 4. The summed E-state index contributed by atoms with van der Waals surface area (Å²) in [5, 5.41) is 7.94. The summed E-state index contributed by atoms with van der Waals surface area (Å²) in [6.45, 7) is 0. The summed E-state index contributed by atoms with van der Waals surface area (Å²) in [6, 6.07) is 7.62. The molecule has 0 aliphatic carbocycles. The van der Waals surface area contributed by atoms with Crippen molar-refractivity contribution in [3.8, 4) is 5.75 Å². The normalized spacial score (nSPS) is 10.7. The number of methoxy groups -OCH3 is 1. The van der Waals surface area contributed by atoms with Crippen LogP contribution >= 0.6 is 0 Å². The molecule has 0 radical (unpaired) electrons. The number of aromatic nitrogens is 3. The minimum Gasteiger partial charge on any atom is -0.496 e. The van der Waals surface area contributed by atoms with Crippen LogP contribution in [0, 0.1) is 0 Å². The monoisotopic (exact) mass is 202 g/mol. The summed E-state index contributed by atoms with van der Waals surface area (Å²) in [6.07, 6.45) is 4.62. The molecule has 1 aromatic carbocycles. The van der Waals surface area contributed by atoms with E-state index in [1.54, 1.807) is 13.3 Å². The highest BCUT2D eigenvalue weighted by Gasteiger charge is 1.97. The average Bonchev–Trinajstić information content (AvgIpc) is 2.79. The largest absolute Gasteiger partial charge is 0.496 e. The lowest BCUT2D eigenvalue weighted by molar-refractivity contribution is 0.414. The first kappa shape index (κ1) is 9.39. The molecule has 0 aliphatic heterocycles. The van der Waals surface area contributed by atoms with E-state index in [1.165, 1.54) is 17.4 Å². The molecule has 76 valence electrons. The predicted octanol–water partition coefficient (Wildman–Crippen LogP) is 1.17. The molecule has 0 bridgehead atoms. The molecule has 1 aromatic heterocycles. The zero-order valence-corrected chi connectivity index (χ0v) is 8.24. The number of rotatable bonds is 3. The highest BCUT2D eigenvalue weighted by atomic mass is 16.5. The molecule has 2 rings (SSSR count). The lowest BCUT2D eigenvalue weighted by Gasteiger charge is -2.02. The van der Waals surface area contributed by atoms with Gasteiger partial charge in [-0.2, -0.15) is 5.10 Å². The van der Waals surface area contributed by atoms with Gasteiger partial charge in [0.2, 0.25) is 0 Å². The van der Waals surface area contributed by atoms with Crippen molar-refractivity contribution in [2.24, 2.45) is 5.10 Å². The highest BCUT2D eigenvalue weighted by molar-refractivity contribution is 5.83. The Morgan fingerprint density at radius 1 is 1.40 bits per heavy atom. The lowest BCUT2D eigenvalue weighted by Crippen LogP contribution is -1.93. The molecule has 0 N–H and O–H groups in total. The number of ether oxygens (including phenoxy) is 1. The Morgan fingerprint density at radius 3 is 3.00 bits per heavy atom. The van der Waals surface area contributed by atoms with E-state index in [2.05, 4.69) is 15.2 Å². The Bertz CT molecular complexity index is 450. The van der Waals surface area contributed by atoms with Gasteiger partial charge in [-0.15, -0.1) is 9.89 Å². The molecule has 0 spiro atoms. The molecule has 0 aliphatic rings. The zero-order chi connectivity index (χ0) is 10.5. The second kappa shape index (κ2) is 4.36. The van der Waals surface area contributed by atoms with E-state index in [9.17, 15) is 0 Å². The van der Waals surface area contributed by atoms with E-state index < -0.39 is 0 Å². The summed E-state index contributed by atoms with van der Waals surface area (Å²) in [5.74, 6) is 0.779. The maximum absolute atomic E-state index is 5.18. The number of para-hydroxylation sites is 1. The summed E-state index contributed by atoms with van der Waals surface area (Å²) < 4.78 is 5.18. The molecule has 5 nitrogen and oxygen atoms in total. The van der Waals surface area contributed by atoms with Crippen LogP contribution in [0.2, 0.25) is 0 Å². The van der Waals surface area contributed by atoms with Crippen molar-refractivity contribution in [2.45, 2.75) is 0 Å². The van der Waals surface area contributed by atoms with Crippen LogP contribution in [0.4, 0.5) is 0 Å². The van der Waals surface area contributed by atoms with E-state index in [1.807, 2.05) is 24.3 Å². The Balaban J connectivity index is 2.24. The molecular formula is C10H10N4O. The van der Waals surface area contributed by atoms with Crippen LogP contribution in [0.15, 0.2) is 42.0 Å². The molecule has 0 fully saturated rings. The third-order valence-electron chi connectivity index (χ3n) is 1.86. The standard InChI is InChI=1S/C10H10N4O/c1-15-10-5-3-2-4-9(10)6-12-14-8-11-7-13-14/h2-8H,1H3/b12-6-. The van der Waals surface area contributed by atoms with Crippen LogP contribution in [0.1, 0.15) is 5.56 Å². The first-order chi connectivity index (χ1) is 7.40. The Kier molecular flexibility index (Phi) is 2.73. The van der Waals surface area contributed by atoms with E-state index in [-0.39, 0.29) is 0 Å². The van der Waals surface area contributed by atoms with E-state index in [4.69, 9.17) is 4.74 Å². The SMILES string of the molecule is COc1ccccc1/C=N\n1cncn1. The van der Waals surface area contributed by atoms with Crippen LogP contribution in [0.25, 0.3) is 0 Å². The van der Waals surface area contributed by atoms with Crippen molar-refractivity contribution in [1.82, 2.24) is 14.9 Å². The third kappa shape index (κ3) is 2.19. The van der Waals surface area contributed by atoms with Crippen molar-refractivity contribution >= 4 is 6.21 Å². The molecular weight excluding hydrogens is 192 g/mol. The Labute approximate surface area is 87.0 Å². The maximum Gasteiger partial charge on any atom is 0.139 e. The Morgan fingerprint density at radius 2 is 2.27 bits per heavy atom. The van der Waals surface area contributed by atoms with Crippen molar-refractivity contribution in [1.29, 1.82) is 0 Å². The smallest absolute Gasteiger partial charge is 0.139 e. The van der Waals surface area contributed by atoms with Crippen LogP contribution < -0.4 is 4.74 Å². The fraction of sp³-hybridized carbons (Fsp3) is 0.100. The van der Waals surface area contributed by atoms with Crippen LogP contribution in [0.3, 0.4) is 0 Å². The topological polar surface area (TPSA) is 52.3 Å². The quantitative estimate of drug-likeness (QED) is 0.702. The minimum atomic E-state index is 0.779. The number of nitrogens with zero attached hydrogens (tertiary/aromatic N) is 4. The third-order valence-corrected chi connectivity index (χ3v) is 1.86. The molecule has 2 aromatic rings. The van der Waals surface area contributed by atoms with Crippen LogP contribution in [-0.4, -0.2) is 28.2 Å². The van der Waals surface area contributed by atoms with Crippen molar-refractivity contribution in [3.05, 3.63) is 42.5 Å². The average molecular weight is 202 g/mol. The van der Waals surface area contributed by atoms with Gasteiger partial charge in [0, 0.05) is 5.56 Å². The maximum atomic E-state index is 5.18. The highest BCUT2D eigenvalue weighted by Crippen LogP contribution is 2.14. The van der Waals surface area contributed by atoms with Gasteiger partial charge in [0.15, 0.2) is 0 Å². The van der Waals surface area contributed by atoms with Gasteiger partial charge in [0.25, 0.3) is 0 Å². The number of hydrogen-bond donors (Lipinski definition) is 0. The van der Waals surface area contributed by atoms with Gasteiger partial charge < -0.3 is 4.74 Å². The molecule has 0 amide bonds. The Hall–Kier alpha value is -2.17. The fourth-order valence-corrected chi connectivity index (χ4v) is 1.16. The zero-order valence-electron chi connectivity index (χ0n) is 8.24. The fourth-order valence-electron chi connectivity index (χ4n) is 1.16. The predicted molar refractivity (Wildman–Crippen MR) is 56.0 cm³/mol. The first-order valence-electron chi connectivity index (χ1n) is 4.42. The first-order valence-corrected chi connectivity index (χ1v) is 4.42.